The third kappa shape index (κ3) is 6.88. The van der Waals surface area contributed by atoms with Gasteiger partial charge in [-0.1, -0.05) is 70.5 Å². The molecule has 2 aromatic carbocycles. The Kier molecular flexibility index (Phi) is 9.13. The van der Waals surface area contributed by atoms with Crippen molar-refractivity contribution in [3.8, 4) is 0 Å². The van der Waals surface area contributed by atoms with Gasteiger partial charge in [0.1, 0.15) is 11.4 Å². The van der Waals surface area contributed by atoms with E-state index in [4.69, 9.17) is 16.6 Å². The molecule has 2 aromatic rings. The van der Waals surface area contributed by atoms with Crippen LogP contribution < -0.4 is 21.8 Å². The molecule has 2 amide bonds. The van der Waals surface area contributed by atoms with Crippen LogP contribution in [0.15, 0.2) is 58.6 Å². The highest BCUT2D eigenvalue weighted by Gasteiger charge is 2.52. The third-order valence-corrected chi connectivity index (χ3v) is 9.29. The minimum atomic E-state index is -0.606. The van der Waals surface area contributed by atoms with Gasteiger partial charge in [-0.25, -0.2) is 5.53 Å². The lowest BCUT2D eigenvalue weighted by Gasteiger charge is -2.47. The van der Waals surface area contributed by atoms with Gasteiger partial charge < -0.3 is 10.2 Å². The molecule has 3 aliphatic rings. The van der Waals surface area contributed by atoms with E-state index in [0.717, 1.165) is 49.7 Å². The van der Waals surface area contributed by atoms with Crippen molar-refractivity contribution in [2.45, 2.75) is 84.8 Å². The van der Waals surface area contributed by atoms with Crippen molar-refractivity contribution in [3.05, 3.63) is 70.2 Å². The summed E-state index contributed by atoms with van der Waals surface area (Å²) in [5.74, 6) is 1.40. The molecule has 2 heterocycles. The topological polar surface area (TPSA) is 110 Å². The van der Waals surface area contributed by atoms with Crippen LogP contribution in [-0.4, -0.2) is 40.5 Å². The average molecular weight is 606 g/mol. The average Bonchev–Trinajstić information content (AvgIpc) is 3.59. The lowest BCUT2D eigenvalue weighted by atomic mass is 9.69. The van der Waals surface area contributed by atoms with Crippen molar-refractivity contribution in [2.24, 2.45) is 27.3 Å². The van der Waals surface area contributed by atoms with Crippen LogP contribution >= 0.6 is 11.6 Å². The van der Waals surface area contributed by atoms with E-state index in [-0.39, 0.29) is 29.8 Å². The molecule has 0 saturated heterocycles. The van der Waals surface area contributed by atoms with Crippen LogP contribution in [0.2, 0.25) is 5.02 Å². The van der Waals surface area contributed by atoms with Gasteiger partial charge in [0.15, 0.2) is 5.84 Å². The summed E-state index contributed by atoms with van der Waals surface area (Å²) in [6, 6.07) is 15.0. The van der Waals surface area contributed by atoms with Gasteiger partial charge >= 0.3 is 0 Å². The van der Waals surface area contributed by atoms with E-state index in [1.807, 2.05) is 48.5 Å². The Labute approximate surface area is 259 Å². The summed E-state index contributed by atoms with van der Waals surface area (Å²) in [5, 5.41) is 7.46. The smallest absolute Gasteiger partial charge is 0.275 e. The Morgan fingerprint density at radius 3 is 2.44 bits per heavy atom. The highest BCUT2D eigenvalue weighted by Crippen LogP contribution is 2.50. The maximum atomic E-state index is 14.5. The molecule has 0 bridgehead atoms. The first-order valence-electron chi connectivity index (χ1n) is 15.4. The zero-order valence-corrected chi connectivity index (χ0v) is 26.6. The standard InChI is InChI=1S/C33H44ClN7O2/c1-21(2)9-14-27(22-10-12-23(13-11-22)30(42)35-20-28-37-39-40-38-28)41-31(43)29(24-7-6-8-26(34)19-24)36-33(41)17-15-25(16-18-33)32(3,4)5/h6-8,10-13,19,21,25,27,39-40H,9,14-18,20H2,1-5H3,(H,35,42)(H,37,38). The molecule has 0 aromatic heterocycles. The maximum absolute atomic E-state index is 14.5. The molecule has 1 spiro atoms. The fourth-order valence-electron chi connectivity index (χ4n) is 6.53. The van der Waals surface area contributed by atoms with Gasteiger partial charge in [-0.3, -0.25) is 20.0 Å². The summed E-state index contributed by atoms with van der Waals surface area (Å²) in [7, 11) is 0. The number of benzene rings is 2. The van der Waals surface area contributed by atoms with Gasteiger partial charge in [-0.05, 0) is 85.6 Å². The molecule has 9 nitrogen and oxygen atoms in total. The molecular weight excluding hydrogens is 562 g/mol. The van der Waals surface area contributed by atoms with Crippen molar-refractivity contribution in [2.75, 3.05) is 6.54 Å². The van der Waals surface area contributed by atoms with Gasteiger partial charge in [0.25, 0.3) is 11.8 Å². The van der Waals surface area contributed by atoms with Crippen LogP contribution in [0, 0.1) is 17.3 Å². The summed E-state index contributed by atoms with van der Waals surface area (Å²) in [4.78, 5) is 34.7. The van der Waals surface area contributed by atoms with Crippen molar-refractivity contribution >= 4 is 35.0 Å². The van der Waals surface area contributed by atoms with Gasteiger partial charge in [-0.2, -0.15) is 0 Å². The number of hydrogen-bond donors (Lipinski definition) is 4. The summed E-state index contributed by atoms with van der Waals surface area (Å²) < 4.78 is 0. The Balaban J connectivity index is 1.47. The van der Waals surface area contributed by atoms with Crippen LogP contribution in [0.1, 0.15) is 101 Å². The second kappa shape index (κ2) is 12.7. The number of nitrogens with one attached hydrogen (secondary N) is 4. The molecule has 5 rings (SSSR count). The fraction of sp³-hybridized carbons (Fsp3) is 0.515. The molecule has 1 aliphatic carbocycles. The van der Waals surface area contributed by atoms with Crippen LogP contribution in [0.3, 0.4) is 0 Å². The van der Waals surface area contributed by atoms with E-state index in [0.29, 0.717) is 34.0 Å². The molecule has 4 N–H and O–H groups in total. The number of hydrazine groups is 2. The number of nitrogens with zero attached hydrogens (tertiary/aromatic N) is 3. The van der Waals surface area contributed by atoms with Gasteiger partial charge in [0.2, 0.25) is 0 Å². The number of hydrogen-bond acceptors (Lipinski definition) is 7. The molecule has 1 fully saturated rings. The second-order valence-corrected chi connectivity index (χ2v) is 13.9. The monoisotopic (exact) mass is 605 g/mol. The molecule has 2 aliphatic heterocycles. The summed E-state index contributed by atoms with van der Waals surface area (Å²) in [5.41, 5.74) is 10.5. The first-order chi connectivity index (χ1) is 20.5. The van der Waals surface area contributed by atoms with E-state index >= 15 is 0 Å². The third-order valence-electron chi connectivity index (χ3n) is 9.06. The largest absolute Gasteiger partial charge is 0.345 e. The van der Waals surface area contributed by atoms with E-state index in [2.05, 4.69) is 66.4 Å². The van der Waals surface area contributed by atoms with Crippen LogP contribution in [0.5, 0.6) is 0 Å². The predicted octanol–water partition coefficient (Wildman–Crippen LogP) is 5.74. The summed E-state index contributed by atoms with van der Waals surface area (Å²) >= 11 is 6.37. The Hall–Kier alpha value is -3.43. The number of rotatable bonds is 9. The SMILES string of the molecule is CC(C)CCC(c1ccc(C(=O)NCC2=NNNN2)cc1)N1C(=O)C(c2cccc(Cl)c2)=NC12CCC(C(C)(C)C)CC2. The first-order valence-corrected chi connectivity index (χ1v) is 15.7. The van der Waals surface area contributed by atoms with Crippen molar-refractivity contribution in [3.63, 3.8) is 0 Å². The normalized spacial score (nSPS) is 22.7. The number of hydrazone groups is 1. The minimum absolute atomic E-state index is 0.0425. The number of amides is 2. The Bertz CT molecular complexity index is 1390. The quantitative estimate of drug-likeness (QED) is 0.291. The highest BCUT2D eigenvalue weighted by atomic mass is 35.5. The van der Waals surface area contributed by atoms with Crippen molar-refractivity contribution < 1.29 is 9.59 Å². The van der Waals surface area contributed by atoms with E-state index < -0.39 is 5.66 Å². The van der Waals surface area contributed by atoms with E-state index in [1.165, 1.54) is 0 Å². The zero-order valence-electron chi connectivity index (χ0n) is 25.8. The lowest BCUT2D eigenvalue weighted by molar-refractivity contribution is -0.133. The molecular formula is C33H44ClN7O2. The number of aliphatic imine (C=N–C) groups is 1. The summed E-state index contributed by atoms with van der Waals surface area (Å²) in [6.07, 6.45) is 5.45. The molecule has 43 heavy (non-hydrogen) atoms. The Morgan fingerprint density at radius 1 is 1.12 bits per heavy atom. The molecule has 1 unspecified atom stereocenters. The summed E-state index contributed by atoms with van der Waals surface area (Å²) in [6.45, 7) is 11.6. The minimum Gasteiger partial charge on any atom is -0.345 e. The maximum Gasteiger partial charge on any atom is 0.275 e. The van der Waals surface area contributed by atoms with E-state index in [1.54, 1.807) is 0 Å². The fourth-order valence-corrected chi connectivity index (χ4v) is 6.72. The van der Waals surface area contributed by atoms with Gasteiger partial charge in [0, 0.05) is 16.1 Å². The highest BCUT2D eigenvalue weighted by molar-refractivity contribution is 6.47. The molecule has 1 saturated carbocycles. The molecule has 10 heteroatoms. The van der Waals surface area contributed by atoms with E-state index in [9.17, 15) is 9.59 Å². The number of amidine groups is 1. The second-order valence-electron chi connectivity index (χ2n) is 13.5. The van der Waals surface area contributed by atoms with Gasteiger partial charge in [-0.15, -0.1) is 10.6 Å². The molecule has 0 radical (unpaired) electrons. The number of halogens is 1. The van der Waals surface area contributed by atoms with Crippen LogP contribution in [-0.2, 0) is 4.79 Å². The molecule has 1 atom stereocenters. The molecule has 230 valence electrons. The lowest BCUT2D eigenvalue weighted by Crippen LogP contribution is -2.51. The predicted molar refractivity (Wildman–Crippen MR) is 171 cm³/mol. The van der Waals surface area contributed by atoms with Gasteiger partial charge in [0.05, 0.1) is 12.6 Å². The van der Waals surface area contributed by atoms with Crippen molar-refractivity contribution in [1.82, 2.24) is 26.7 Å². The number of carbonyl (C=O) groups excluding carboxylic acids is 2. The van der Waals surface area contributed by atoms with Crippen molar-refractivity contribution in [1.29, 1.82) is 0 Å². The first kappa shape index (κ1) is 31.0. The zero-order chi connectivity index (χ0) is 30.8. The Morgan fingerprint density at radius 2 is 1.84 bits per heavy atom. The van der Waals surface area contributed by atoms with Crippen LogP contribution in [0.4, 0.5) is 0 Å². The number of carbonyl (C=O) groups is 2. The van der Waals surface area contributed by atoms with Crippen LogP contribution in [0.25, 0.3) is 0 Å².